The number of nitrogens with two attached hydrogens (primary N) is 1. The summed E-state index contributed by atoms with van der Waals surface area (Å²) in [5.41, 5.74) is 2.15. The second-order valence-corrected chi connectivity index (χ2v) is 11.7. The number of Topliss-reactive ketones (excluding diaryl/α,β-unsaturated/α-hetero) is 2. The van der Waals surface area contributed by atoms with Gasteiger partial charge in [0.25, 0.3) is 5.91 Å². The molecule has 0 radical (unpaired) electrons. The van der Waals surface area contributed by atoms with Crippen molar-refractivity contribution in [3.8, 4) is 5.75 Å². The Kier molecular flexibility index (Phi) is 5.57. The average molecular weight is 542 g/mol. The lowest BCUT2D eigenvalue weighted by Gasteiger charge is -2.50. The van der Waals surface area contributed by atoms with Crippen molar-refractivity contribution in [2.24, 2.45) is 23.5 Å². The van der Waals surface area contributed by atoms with Gasteiger partial charge in [-0.15, -0.1) is 0 Å². The summed E-state index contributed by atoms with van der Waals surface area (Å²) in [5, 5.41) is 45.4. The van der Waals surface area contributed by atoms with Crippen LogP contribution < -0.4 is 5.73 Å². The van der Waals surface area contributed by atoms with E-state index in [9.17, 15) is 34.8 Å². The number of likely N-dealkylation sites (N-methyl/N-ethyl adjacent to an activating group) is 1. The lowest BCUT2D eigenvalue weighted by molar-refractivity contribution is -0.148. The minimum Gasteiger partial charge on any atom is -0.510 e. The van der Waals surface area contributed by atoms with Gasteiger partial charge in [-0.1, -0.05) is 6.92 Å². The summed E-state index contributed by atoms with van der Waals surface area (Å²) in [6, 6.07) is -1.27. The molecule has 2 unspecified atom stereocenters. The molecule has 1 fully saturated rings. The van der Waals surface area contributed by atoms with Crippen LogP contribution in [0.1, 0.15) is 52.9 Å². The molecule has 0 aromatic heterocycles. The van der Waals surface area contributed by atoms with E-state index in [4.69, 9.17) is 5.73 Å². The van der Waals surface area contributed by atoms with Crippen LogP contribution in [0.5, 0.6) is 5.75 Å². The second-order valence-electron chi connectivity index (χ2n) is 11.7. The summed E-state index contributed by atoms with van der Waals surface area (Å²) in [4.78, 5) is 43.1. The molecule has 6 rings (SSSR count). The minimum atomic E-state index is -2.71. The highest BCUT2D eigenvalue weighted by Crippen LogP contribution is 2.56. The van der Waals surface area contributed by atoms with Crippen molar-refractivity contribution in [3.05, 3.63) is 50.7 Å². The number of nitrogens with zero attached hydrogens (tertiary/aromatic N) is 2. The van der Waals surface area contributed by atoms with Gasteiger partial charge in [-0.05, 0) is 64.7 Å². The van der Waals surface area contributed by atoms with Crippen molar-refractivity contribution >= 4 is 17.5 Å². The number of likely N-dealkylation sites (tertiary alicyclic amines) is 1. The molecule has 6 atom stereocenters. The number of carbonyl (C=O) groups excluding carboxylic acids is 3. The third-order valence-electron chi connectivity index (χ3n) is 9.92. The van der Waals surface area contributed by atoms with Crippen LogP contribution in [0.25, 0.3) is 0 Å². The van der Waals surface area contributed by atoms with E-state index >= 15 is 4.39 Å². The van der Waals surface area contributed by atoms with Gasteiger partial charge in [0, 0.05) is 34.2 Å². The molecule has 1 aliphatic heterocycles. The summed E-state index contributed by atoms with van der Waals surface area (Å²) in [5.74, 6) is -7.67. The van der Waals surface area contributed by atoms with Crippen LogP contribution in [0.15, 0.2) is 22.7 Å². The predicted molar refractivity (Wildman–Crippen MR) is 135 cm³/mol. The number of amides is 1. The maximum Gasteiger partial charge on any atom is 0.255 e. The normalized spacial score (nSPS) is 33.7. The zero-order chi connectivity index (χ0) is 28.3. The quantitative estimate of drug-likeness (QED) is 0.354. The molecule has 4 aliphatic carbocycles. The number of ketones is 2. The van der Waals surface area contributed by atoms with E-state index in [1.54, 1.807) is 18.9 Å². The first kappa shape index (κ1) is 26.0. The second kappa shape index (κ2) is 8.36. The van der Waals surface area contributed by atoms with Crippen molar-refractivity contribution < 1.29 is 39.2 Å². The molecule has 10 nitrogen and oxygen atoms in total. The number of phenols is 1. The third kappa shape index (κ3) is 3.09. The highest BCUT2D eigenvalue weighted by Gasteiger charge is 2.63. The largest absolute Gasteiger partial charge is 0.510 e. The minimum absolute atomic E-state index is 0.0509. The lowest BCUT2D eigenvalue weighted by atomic mass is 9.58. The number of fused-ring (bicyclic) bond motifs is 6. The fraction of sp³-hybridized carbons (Fsp3) is 0.536. The number of phenolic OH excluding ortho intramolecular Hbond substituents is 1. The number of rotatable bonds is 3. The number of primary amides is 1. The highest BCUT2D eigenvalue weighted by atomic mass is 19.1. The van der Waals surface area contributed by atoms with Gasteiger partial charge in [0.2, 0.25) is 5.78 Å². The first-order valence-corrected chi connectivity index (χ1v) is 13.3. The number of allylic oxidation sites excluding steroid dienone is 1. The average Bonchev–Trinajstić information content (AvgIpc) is 3.44. The molecule has 1 saturated heterocycles. The molecule has 0 saturated carbocycles. The summed E-state index contributed by atoms with van der Waals surface area (Å²) in [6.07, 6.45) is 1.14. The molecule has 208 valence electrons. The zero-order valence-electron chi connectivity index (χ0n) is 22.0. The van der Waals surface area contributed by atoms with Gasteiger partial charge in [0.05, 0.1) is 11.6 Å². The Bertz CT molecular complexity index is 1430. The monoisotopic (exact) mass is 541 g/mol. The first-order valence-electron chi connectivity index (χ1n) is 13.3. The number of aliphatic hydroxyl groups is 3. The van der Waals surface area contributed by atoms with Crippen molar-refractivity contribution in [2.75, 3.05) is 27.2 Å². The lowest BCUT2D eigenvalue weighted by Crippen LogP contribution is -2.64. The van der Waals surface area contributed by atoms with Gasteiger partial charge < -0.3 is 26.2 Å². The summed E-state index contributed by atoms with van der Waals surface area (Å²) in [6.45, 7) is 2.92. The SMILES string of the molecule is CCN(C)[C@@H]1C(O)=C(C(N)=O)C(=O)[C@@]2(O)C(O)=C3C(=O)c4c(O)c5c(c(F)c4C[C@H]3C[C@@H]12)C1C(CCN1C)C5. The maximum absolute atomic E-state index is 16.2. The Morgan fingerprint density at radius 3 is 2.54 bits per heavy atom. The Morgan fingerprint density at radius 2 is 1.90 bits per heavy atom. The van der Waals surface area contributed by atoms with E-state index in [0.717, 1.165) is 13.0 Å². The third-order valence-corrected chi connectivity index (χ3v) is 9.92. The molecular formula is C28H32FN3O7. The van der Waals surface area contributed by atoms with Crippen molar-refractivity contribution in [2.45, 2.75) is 50.3 Å². The number of aliphatic hydroxyl groups excluding tert-OH is 2. The molecule has 1 heterocycles. The molecule has 39 heavy (non-hydrogen) atoms. The molecule has 1 aromatic rings. The molecule has 6 N–H and O–H groups in total. The van der Waals surface area contributed by atoms with E-state index in [1.807, 2.05) is 7.05 Å². The van der Waals surface area contributed by atoms with Crippen LogP contribution in [0.2, 0.25) is 0 Å². The number of hydrogen-bond donors (Lipinski definition) is 5. The van der Waals surface area contributed by atoms with Crippen LogP contribution in [-0.2, 0) is 22.4 Å². The maximum atomic E-state index is 16.2. The zero-order valence-corrected chi connectivity index (χ0v) is 22.0. The van der Waals surface area contributed by atoms with E-state index < -0.39 is 63.9 Å². The Hall–Kier alpha value is -3.28. The van der Waals surface area contributed by atoms with Crippen LogP contribution in [0.3, 0.4) is 0 Å². The summed E-state index contributed by atoms with van der Waals surface area (Å²) >= 11 is 0. The number of aromatic hydroxyl groups is 1. The van der Waals surface area contributed by atoms with E-state index in [0.29, 0.717) is 24.1 Å². The predicted octanol–water partition coefficient (Wildman–Crippen LogP) is 1.20. The van der Waals surface area contributed by atoms with Crippen molar-refractivity contribution in [3.63, 3.8) is 0 Å². The van der Waals surface area contributed by atoms with E-state index in [-0.39, 0.29) is 47.3 Å². The molecule has 5 aliphatic rings. The highest BCUT2D eigenvalue weighted by molar-refractivity contribution is 6.24. The van der Waals surface area contributed by atoms with Crippen LogP contribution in [-0.4, -0.2) is 86.5 Å². The summed E-state index contributed by atoms with van der Waals surface area (Å²) in [7, 11) is 3.52. The molecular weight excluding hydrogens is 509 g/mol. The molecule has 11 heteroatoms. The van der Waals surface area contributed by atoms with Crippen LogP contribution in [0.4, 0.5) is 4.39 Å². The molecule has 1 amide bonds. The van der Waals surface area contributed by atoms with Crippen molar-refractivity contribution in [1.82, 2.24) is 9.80 Å². The smallest absolute Gasteiger partial charge is 0.255 e. The van der Waals surface area contributed by atoms with Gasteiger partial charge >= 0.3 is 0 Å². The molecule has 0 bridgehead atoms. The van der Waals surface area contributed by atoms with Gasteiger partial charge in [-0.3, -0.25) is 24.2 Å². The number of carbonyl (C=O) groups is 3. The van der Waals surface area contributed by atoms with E-state index in [2.05, 4.69) is 4.90 Å². The number of benzene rings is 1. The van der Waals surface area contributed by atoms with Crippen molar-refractivity contribution in [1.29, 1.82) is 0 Å². The Labute approximate surface area is 224 Å². The van der Waals surface area contributed by atoms with Gasteiger partial charge in [0.1, 0.15) is 28.7 Å². The molecule has 1 aromatic carbocycles. The van der Waals surface area contributed by atoms with E-state index in [1.165, 1.54) is 0 Å². The van der Waals surface area contributed by atoms with Crippen LogP contribution >= 0.6 is 0 Å². The fourth-order valence-corrected chi connectivity index (χ4v) is 7.99. The number of halogens is 1. The van der Waals surface area contributed by atoms with Gasteiger partial charge in [-0.2, -0.15) is 0 Å². The summed E-state index contributed by atoms with van der Waals surface area (Å²) < 4.78 is 16.2. The Balaban J connectivity index is 1.54. The topological polar surface area (TPSA) is 165 Å². The first-order chi connectivity index (χ1) is 18.4. The van der Waals surface area contributed by atoms with Gasteiger partial charge in [-0.25, -0.2) is 4.39 Å². The Morgan fingerprint density at radius 1 is 1.21 bits per heavy atom. The van der Waals surface area contributed by atoms with Gasteiger partial charge in [0.15, 0.2) is 11.4 Å². The molecule has 0 spiro atoms. The van der Waals surface area contributed by atoms with Crippen LogP contribution in [0, 0.1) is 23.6 Å². The standard InChI is InChI=1S/C28H32FN3O7/c1-4-31(2)21-14-9-11-8-12-17(22(33)13-7-10-5-6-32(3)20(10)16(13)19(12)29)23(34)15(11)25(36)28(14,39)26(37)18(24(21)35)27(30)38/h10-11,14,20-21,33,35-36,39H,4-9H2,1-3H3,(H2,30,38)/t10?,11-,14-,20?,21-,28-/m0/s1. The number of hydrogen-bond acceptors (Lipinski definition) is 9. The fourth-order valence-electron chi connectivity index (χ4n) is 7.99.